The van der Waals surface area contributed by atoms with Crippen LogP contribution in [-0.4, -0.2) is 31.5 Å². The minimum Gasteiger partial charge on any atom is -0.306 e. The van der Waals surface area contributed by atoms with Crippen molar-refractivity contribution in [3.63, 3.8) is 0 Å². The first-order valence-corrected chi connectivity index (χ1v) is 5.41. The molecule has 0 saturated heterocycles. The van der Waals surface area contributed by atoms with Gasteiger partial charge in [0.2, 0.25) is 0 Å². The molecule has 6 nitrogen and oxygen atoms in total. The van der Waals surface area contributed by atoms with E-state index in [1.165, 1.54) is 4.72 Å². The molecule has 0 spiro atoms. The minimum absolute atomic E-state index is 0. The summed E-state index contributed by atoms with van der Waals surface area (Å²) in [5.74, 6) is -0.860. The maximum absolute atomic E-state index is 11.4. The Morgan fingerprint density at radius 1 is 1.67 bits per heavy atom. The first-order valence-electron chi connectivity index (χ1n) is 3.97. The SMILES string of the molecule is C=CC1CC1(NC)C(=O)NS(=O)(=O)O.[Rf]. The first kappa shape index (κ1) is 13.1. The van der Waals surface area contributed by atoms with E-state index in [0.717, 1.165) is 0 Å². The molecule has 2 atom stereocenters. The van der Waals surface area contributed by atoms with Crippen LogP contribution < -0.4 is 10.0 Å². The topological polar surface area (TPSA) is 95.5 Å². The summed E-state index contributed by atoms with van der Waals surface area (Å²) < 4.78 is 30.7. The standard InChI is InChI=1S/C7H12N2O4S.Rf/c1-3-5-4-7(5,8-2)6(10)9-14(11,12)13;/h3,5,8H,1,4H2,2H3,(H,9,10)(H,11,12,13);. The number of rotatable bonds is 4. The quantitative estimate of drug-likeness (QED) is 0.352. The largest absolute Gasteiger partial charge is 0.359 e. The molecule has 1 saturated carbocycles. The van der Waals surface area contributed by atoms with Crippen molar-refractivity contribution >= 4 is 16.2 Å². The van der Waals surface area contributed by atoms with Crippen LogP contribution in [0.1, 0.15) is 6.42 Å². The van der Waals surface area contributed by atoms with Crippen molar-refractivity contribution in [1.29, 1.82) is 0 Å². The predicted molar refractivity (Wildman–Crippen MR) is 49.8 cm³/mol. The van der Waals surface area contributed by atoms with Gasteiger partial charge in [-0.1, -0.05) is 6.08 Å². The fraction of sp³-hybridized carbons (Fsp3) is 0.571. The van der Waals surface area contributed by atoms with Crippen molar-refractivity contribution in [3.05, 3.63) is 12.7 Å². The maximum atomic E-state index is 11.4. The summed E-state index contributed by atoms with van der Waals surface area (Å²) in [5.41, 5.74) is -0.933. The molecule has 1 aliphatic carbocycles. The zero-order valence-electron chi connectivity index (χ0n) is 8.36. The van der Waals surface area contributed by atoms with Crippen LogP contribution in [0.25, 0.3) is 0 Å². The minimum atomic E-state index is -4.48. The molecule has 0 bridgehead atoms. The summed E-state index contributed by atoms with van der Waals surface area (Å²) in [5, 5.41) is 2.72. The summed E-state index contributed by atoms with van der Waals surface area (Å²) in [4.78, 5) is 11.4. The third-order valence-electron chi connectivity index (χ3n) is 2.37. The van der Waals surface area contributed by atoms with Crippen LogP contribution in [0, 0.1) is 5.92 Å². The van der Waals surface area contributed by atoms with Crippen LogP contribution in [0.3, 0.4) is 0 Å². The second-order valence-corrected chi connectivity index (χ2v) is 4.33. The molecule has 1 amide bonds. The summed E-state index contributed by atoms with van der Waals surface area (Å²) >= 11 is 0. The molecule has 1 fully saturated rings. The summed E-state index contributed by atoms with van der Waals surface area (Å²) in [6.07, 6.45) is 2.05. The van der Waals surface area contributed by atoms with Gasteiger partial charge in [0.25, 0.3) is 5.91 Å². The van der Waals surface area contributed by atoms with Gasteiger partial charge in [-0.3, -0.25) is 9.35 Å². The second kappa shape index (κ2) is 3.68. The number of carbonyl (C=O) groups is 1. The Kier molecular flexibility index (Phi) is 3.21. The van der Waals surface area contributed by atoms with Crippen molar-refractivity contribution in [1.82, 2.24) is 10.0 Å². The molecule has 1 rings (SSSR count). The van der Waals surface area contributed by atoms with E-state index in [1.807, 2.05) is 0 Å². The fourth-order valence-electron chi connectivity index (χ4n) is 1.44. The van der Waals surface area contributed by atoms with Crippen LogP contribution in [0.2, 0.25) is 0 Å². The zero-order chi connectivity index (χ0) is 11.0. The molecule has 2 unspecified atom stereocenters. The Morgan fingerprint density at radius 2 is 2.20 bits per heavy atom. The molecule has 0 radical (unpaired) electrons. The van der Waals surface area contributed by atoms with E-state index in [0.29, 0.717) is 6.42 Å². The summed E-state index contributed by atoms with van der Waals surface area (Å²) in [6.45, 7) is 3.51. The second-order valence-electron chi connectivity index (χ2n) is 3.17. The number of hydrogen-bond donors (Lipinski definition) is 3. The Balaban J connectivity index is 0.00000196. The third kappa shape index (κ3) is 2.30. The predicted octanol–water partition coefficient (Wildman–Crippen LogP) is -0.930. The number of hydrogen-bond acceptors (Lipinski definition) is 4. The van der Waals surface area contributed by atoms with Crippen molar-refractivity contribution in [2.75, 3.05) is 7.05 Å². The van der Waals surface area contributed by atoms with Crippen LogP contribution in [-0.2, 0) is 15.1 Å². The van der Waals surface area contributed by atoms with Gasteiger partial charge in [0.15, 0.2) is 0 Å². The van der Waals surface area contributed by atoms with E-state index in [4.69, 9.17) is 4.55 Å². The third-order valence-corrected chi connectivity index (χ3v) is 2.82. The molecule has 0 aliphatic heterocycles. The van der Waals surface area contributed by atoms with Gasteiger partial charge in [-0.15, -0.1) is 6.58 Å². The van der Waals surface area contributed by atoms with E-state index in [2.05, 4.69) is 11.9 Å². The summed E-state index contributed by atoms with van der Waals surface area (Å²) in [6, 6.07) is 0. The zero-order valence-corrected chi connectivity index (χ0v) is 15.6. The maximum Gasteiger partial charge on any atom is 0.359 e. The number of likely N-dealkylation sites (N-methyl/N-ethyl adjacent to an activating group) is 1. The number of carbonyl (C=O) groups excluding carboxylic acids is 1. The van der Waals surface area contributed by atoms with Gasteiger partial charge in [0.1, 0.15) is 5.54 Å². The van der Waals surface area contributed by atoms with Gasteiger partial charge in [0.05, 0.1) is 0 Å². The van der Waals surface area contributed by atoms with Crippen LogP contribution in [0.4, 0.5) is 0 Å². The molecule has 0 aromatic rings. The molecular weight excluding hydrogens is 475 g/mol. The molecule has 0 aromatic heterocycles. The van der Waals surface area contributed by atoms with Crippen molar-refractivity contribution < 1.29 is 17.8 Å². The fourth-order valence-corrected chi connectivity index (χ4v) is 1.86. The van der Waals surface area contributed by atoms with Gasteiger partial charge in [0, 0.05) is 5.92 Å². The Labute approximate surface area is 82.3 Å². The molecule has 1 aliphatic rings. The van der Waals surface area contributed by atoms with Crippen LogP contribution in [0.5, 0.6) is 0 Å². The average molecular weight is 487 g/mol. The molecule has 0 aromatic carbocycles. The van der Waals surface area contributed by atoms with Crippen molar-refractivity contribution in [2.45, 2.75) is 12.0 Å². The first-order chi connectivity index (χ1) is 6.35. The monoisotopic (exact) mass is 487 g/mol. The van der Waals surface area contributed by atoms with Gasteiger partial charge < -0.3 is 5.32 Å². The van der Waals surface area contributed by atoms with Gasteiger partial charge in [-0.2, -0.15) is 8.42 Å². The van der Waals surface area contributed by atoms with Gasteiger partial charge >= 0.3 is 10.3 Å². The van der Waals surface area contributed by atoms with Crippen molar-refractivity contribution in [2.24, 2.45) is 5.92 Å². The van der Waals surface area contributed by atoms with E-state index in [9.17, 15) is 13.2 Å². The molecule has 82 valence electrons. The molecule has 15 heavy (non-hydrogen) atoms. The van der Waals surface area contributed by atoms with Crippen LogP contribution in [0.15, 0.2) is 12.7 Å². The van der Waals surface area contributed by atoms with Crippen LogP contribution >= 0.6 is 0 Å². The van der Waals surface area contributed by atoms with E-state index in [1.54, 1.807) is 13.1 Å². The van der Waals surface area contributed by atoms with Gasteiger partial charge in [-0.05, 0) is 13.5 Å². The smallest absolute Gasteiger partial charge is 0.306 e. The Bertz CT molecular complexity index is 369. The van der Waals surface area contributed by atoms with E-state index >= 15 is 0 Å². The average Bonchev–Trinajstić information content (AvgIpc) is 2.76. The number of amides is 1. The van der Waals surface area contributed by atoms with E-state index in [-0.39, 0.29) is 5.92 Å². The number of nitrogens with one attached hydrogen (secondary N) is 2. The molecule has 8 heteroatoms. The normalized spacial score (nSPS) is 28.8. The van der Waals surface area contributed by atoms with E-state index < -0.39 is 21.8 Å². The van der Waals surface area contributed by atoms with Gasteiger partial charge in [-0.25, -0.2) is 4.72 Å². The molecule has 3 N–H and O–H groups in total. The molecular formula is C7H12N2O4RfS. The van der Waals surface area contributed by atoms with Crippen molar-refractivity contribution in [3.8, 4) is 0 Å². The Hall–Kier alpha value is -1.92. The molecule has 0 heterocycles. The Morgan fingerprint density at radius 3 is 2.47 bits per heavy atom. The summed E-state index contributed by atoms with van der Waals surface area (Å²) in [7, 11) is -2.93.